The van der Waals surface area contributed by atoms with E-state index in [4.69, 9.17) is 9.98 Å². The van der Waals surface area contributed by atoms with Gasteiger partial charge in [-0.1, -0.05) is 158 Å². The zero-order chi connectivity index (χ0) is 33.9. The molecule has 0 aliphatic carbocycles. The summed E-state index contributed by atoms with van der Waals surface area (Å²) in [4.78, 5) is 13.2. The van der Waals surface area contributed by atoms with Crippen molar-refractivity contribution in [3.8, 4) is 22.3 Å². The molecular formula is C46H31N3S2. The van der Waals surface area contributed by atoms with E-state index in [1.807, 2.05) is 22.7 Å². The molecular weight excluding hydrogens is 659 g/mol. The van der Waals surface area contributed by atoms with Crippen LogP contribution in [0.25, 0.3) is 62.6 Å². The first kappa shape index (κ1) is 30.0. The molecule has 3 heterocycles. The molecule has 5 heteroatoms. The van der Waals surface area contributed by atoms with E-state index in [9.17, 15) is 0 Å². The third-order valence-corrected chi connectivity index (χ3v) is 12.5. The second-order valence-corrected chi connectivity index (χ2v) is 15.0. The average molecular weight is 690 g/mol. The van der Waals surface area contributed by atoms with Crippen molar-refractivity contribution in [3.05, 3.63) is 180 Å². The summed E-state index contributed by atoms with van der Waals surface area (Å²) in [5, 5.41) is 5.04. The zero-order valence-corrected chi connectivity index (χ0v) is 29.5. The van der Waals surface area contributed by atoms with Crippen LogP contribution < -0.4 is 0 Å². The Balaban J connectivity index is 1.19. The molecule has 242 valence electrons. The molecule has 7 aromatic carbocycles. The third kappa shape index (κ3) is 4.92. The Morgan fingerprint density at radius 2 is 0.863 bits per heavy atom. The summed E-state index contributed by atoms with van der Waals surface area (Å²) in [6.45, 7) is 0. The first-order chi connectivity index (χ1) is 25.2. The number of rotatable bonds is 5. The monoisotopic (exact) mass is 689 g/mol. The SMILES string of the molecule is CN1C(c2ccccc2)=NC(c2cccc3c2sc2c(-c4ccccc4)cccc23)=NC1c1cccc2c1sc1c(-c3ccccc3)cccc12. The van der Waals surface area contributed by atoms with E-state index in [1.54, 1.807) is 0 Å². The summed E-state index contributed by atoms with van der Waals surface area (Å²) in [5.74, 6) is 1.68. The molecule has 0 bridgehead atoms. The van der Waals surface area contributed by atoms with E-state index in [2.05, 4.69) is 176 Å². The van der Waals surface area contributed by atoms with Gasteiger partial charge in [0.15, 0.2) is 12.0 Å². The van der Waals surface area contributed by atoms with E-state index < -0.39 is 0 Å². The normalized spacial score (nSPS) is 14.8. The Bertz CT molecular complexity index is 2810. The average Bonchev–Trinajstić information content (AvgIpc) is 3.78. The fourth-order valence-corrected chi connectivity index (χ4v) is 10.2. The Hall–Kier alpha value is -5.88. The molecule has 0 radical (unpaired) electrons. The number of amidine groups is 2. The molecule has 0 amide bonds. The molecule has 0 spiro atoms. The maximum Gasteiger partial charge on any atom is 0.160 e. The summed E-state index contributed by atoms with van der Waals surface area (Å²) < 4.78 is 5.06. The summed E-state index contributed by atoms with van der Waals surface area (Å²) in [7, 11) is 2.13. The molecule has 1 unspecified atom stereocenters. The van der Waals surface area contributed by atoms with Gasteiger partial charge in [-0.2, -0.15) is 0 Å². The van der Waals surface area contributed by atoms with Gasteiger partial charge in [0.05, 0.1) is 0 Å². The predicted octanol–water partition coefficient (Wildman–Crippen LogP) is 12.6. The van der Waals surface area contributed by atoms with Crippen molar-refractivity contribution in [3.63, 3.8) is 0 Å². The lowest BCUT2D eigenvalue weighted by Gasteiger charge is -2.32. The molecule has 9 aromatic rings. The van der Waals surface area contributed by atoms with Crippen molar-refractivity contribution in [1.29, 1.82) is 0 Å². The molecule has 0 saturated heterocycles. The van der Waals surface area contributed by atoms with Gasteiger partial charge in [-0.3, -0.25) is 0 Å². The summed E-state index contributed by atoms with van der Waals surface area (Å²) in [5.41, 5.74) is 8.30. The minimum absolute atomic E-state index is 0.269. The van der Waals surface area contributed by atoms with Crippen LogP contribution in [0.4, 0.5) is 0 Å². The number of aliphatic imine (C=N–C) groups is 2. The van der Waals surface area contributed by atoms with Crippen LogP contribution in [-0.2, 0) is 0 Å². The number of hydrogen-bond donors (Lipinski definition) is 0. The van der Waals surface area contributed by atoms with Crippen molar-refractivity contribution >= 4 is 74.7 Å². The van der Waals surface area contributed by atoms with Gasteiger partial charge in [-0.15, -0.1) is 22.7 Å². The molecule has 0 fully saturated rings. The van der Waals surface area contributed by atoms with Gasteiger partial charge in [0.1, 0.15) is 5.84 Å². The highest BCUT2D eigenvalue weighted by atomic mass is 32.1. The predicted molar refractivity (Wildman–Crippen MR) is 220 cm³/mol. The lowest BCUT2D eigenvalue weighted by Crippen LogP contribution is -2.35. The molecule has 1 atom stereocenters. The lowest BCUT2D eigenvalue weighted by atomic mass is 10.0. The Kier molecular flexibility index (Phi) is 7.15. The number of fused-ring (bicyclic) bond motifs is 6. The third-order valence-electron chi connectivity index (χ3n) is 9.96. The van der Waals surface area contributed by atoms with Gasteiger partial charge in [0.25, 0.3) is 0 Å². The van der Waals surface area contributed by atoms with Crippen molar-refractivity contribution in [2.75, 3.05) is 7.05 Å². The molecule has 2 aromatic heterocycles. The van der Waals surface area contributed by atoms with Crippen molar-refractivity contribution < 1.29 is 0 Å². The highest BCUT2D eigenvalue weighted by molar-refractivity contribution is 7.27. The Morgan fingerprint density at radius 1 is 0.431 bits per heavy atom. The minimum atomic E-state index is -0.269. The maximum absolute atomic E-state index is 5.55. The number of benzene rings is 7. The van der Waals surface area contributed by atoms with E-state index in [1.165, 1.54) is 68.2 Å². The number of thiophene rings is 2. The van der Waals surface area contributed by atoms with Crippen molar-refractivity contribution in [2.45, 2.75) is 6.17 Å². The lowest BCUT2D eigenvalue weighted by molar-refractivity contribution is 0.385. The quantitative estimate of drug-likeness (QED) is 0.177. The highest BCUT2D eigenvalue weighted by Crippen LogP contribution is 2.45. The number of nitrogens with zero attached hydrogens (tertiary/aromatic N) is 3. The van der Waals surface area contributed by atoms with E-state index >= 15 is 0 Å². The first-order valence-electron chi connectivity index (χ1n) is 17.2. The molecule has 1 aliphatic heterocycles. The standard InChI is InChI=1S/C46H31N3S2/c1-49-45(31-19-9-4-10-20-31)47-44(38-27-13-25-36-34-23-11-21-32(40(34)50-42(36)38)29-15-5-2-6-16-29)48-46(49)39-28-14-26-37-35-24-12-22-33(41(35)51-43(37)39)30-17-7-3-8-18-30/h2-28,46H,1H3. The largest absolute Gasteiger partial charge is 0.333 e. The summed E-state index contributed by atoms with van der Waals surface area (Å²) in [6, 6.07) is 58.5. The van der Waals surface area contributed by atoms with Crippen LogP contribution in [0.2, 0.25) is 0 Å². The fraction of sp³-hybridized carbons (Fsp3) is 0.0435. The second-order valence-electron chi connectivity index (χ2n) is 12.9. The van der Waals surface area contributed by atoms with E-state index in [0.717, 1.165) is 22.8 Å². The molecule has 0 saturated carbocycles. The van der Waals surface area contributed by atoms with Gasteiger partial charge in [0, 0.05) is 64.1 Å². The maximum atomic E-state index is 5.55. The van der Waals surface area contributed by atoms with Gasteiger partial charge in [0.2, 0.25) is 0 Å². The molecule has 1 aliphatic rings. The van der Waals surface area contributed by atoms with Gasteiger partial charge >= 0.3 is 0 Å². The van der Waals surface area contributed by atoms with Gasteiger partial charge in [-0.05, 0) is 28.3 Å². The van der Waals surface area contributed by atoms with Crippen LogP contribution >= 0.6 is 22.7 Å². The fourth-order valence-electron chi connectivity index (χ4n) is 7.52. The second kappa shape index (κ2) is 12.2. The van der Waals surface area contributed by atoms with Gasteiger partial charge in [-0.25, -0.2) is 9.98 Å². The molecule has 51 heavy (non-hydrogen) atoms. The topological polar surface area (TPSA) is 28.0 Å². The van der Waals surface area contributed by atoms with Crippen LogP contribution in [0.3, 0.4) is 0 Å². The first-order valence-corrected chi connectivity index (χ1v) is 18.8. The Morgan fingerprint density at radius 3 is 1.41 bits per heavy atom. The van der Waals surface area contributed by atoms with Crippen LogP contribution in [0.5, 0.6) is 0 Å². The summed E-state index contributed by atoms with van der Waals surface area (Å²) >= 11 is 3.71. The van der Waals surface area contributed by atoms with E-state index in [0.29, 0.717) is 0 Å². The van der Waals surface area contributed by atoms with Crippen LogP contribution in [0, 0.1) is 0 Å². The zero-order valence-electron chi connectivity index (χ0n) is 27.8. The highest BCUT2D eigenvalue weighted by Gasteiger charge is 2.30. The molecule has 3 nitrogen and oxygen atoms in total. The smallest absolute Gasteiger partial charge is 0.160 e. The Labute approximate surface area is 304 Å². The molecule has 10 rings (SSSR count). The van der Waals surface area contributed by atoms with Crippen molar-refractivity contribution in [2.24, 2.45) is 9.98 Å². The minimum Gasteiger partial charge on any atom is -0.333 e. The summed E-state index contributed by atoms with van der Waals surface area (Å²) in [6.07, 6.45) is -0.269. The number of hydrogen-bond acceptors (Lipinski definition) is 5. The van der Waals surface area contributed by atoms with Gasteiger partial charge < -0.3 is 4.90 Å². The van der Waals surface area contributed by atoms with Crippen LogP contribution in [0.15, 0.2) is 174 Å². The van der Waals surface area contributed by atoms with Crippen LogP contribution in [0.1, 0.15) is 22.9 Å². The van der Waals surface area contributed by atoms with Crippen LogP contribution in [-0.4, -0.2) is 23.6 Å². The van der Waals surface area contributed by atoms with Crippen molar-refractivity contribution in [1.82, 2.24) is 4.90 Å². The van der Waals surface area contributed by atoms with E-state index in [-0.39, 0.29) is 6.17 Å². The molecule has 0 N–H and O–H groups in total.